The molecule has 17 heavy (non-hydrogen) atoms. The Hall–Kier alpha value is -0.340. The molecule has 0 aromatic rings. The van der Waals surface area contributed by atoms with Gasteiger partial charge in [0, 0.05) is 0 Å². The zero-order valence-corrected chi connectivity index (χ0v) is 10.4. The molecule has 94 valence electrons. The minimum absolute atomic E-state index is 0.496. The molecule has 0 N–H and O–H groups in total. The zero-order valence-electron chi connectivity index (χ0n) is 10.4. The summed E-state index contributed by atoms with van der Waals surface area (Å²) in [5.41, 5.74) is 0.496. The van der Waals surface area contributed by atoms with Gasteiger partial charge in [0.05, 0.1) is 24.4 Å². The third-order valence-electron chi connectivity index (χ3n) is 5.64. The largest absolute Gasteiger partial charge is 0.370 e. The molecule has 6 unspecified atom stereocenters. The lowest BCUT2D eigenvalue weighted by molar-refractivity contribution is 0.0841. The van der Waals surface area contributed by atoms with Gasteiger partial charge in [0.25, 0.3) is 0 Å². The van der Waals surface area contributed by atoms with Crippen molar-refractivity contribution in [2.45, 2.75) is 69.4 Å². The molecule has 4 aliphatic rings. The first-order chi connectivity index (χ1) is 8.31. The molecular formula is C15H22O2. The van der Waals surface area contributed by atoms with E-state index in [4.69, 9.17) is 9.47 Å². The Morgan fingerprint density at radius 3 is 2.65 bits per heavy atom. The highest BCUT2D eigenvalue weighted by Gasteiger charge is 2.55. The van der Waals surface area contributed by atoms with Crippen molar-refractivity contribution >= 4 is 0 Å². The van der Waals surface area contributed by atoms with Gasteiger partial charge in [-0.2, -0.15) is 0 Å². The van der Waals surface area contributed by atoms with Crippen LogP contribution in [0.25, 0.3) is 0 Å². The van der Waals surface area contributed by atoms with Gasteiger partial charge in [-0.15, -0.1) is 6.58 Å². The van der Waals surface area contributed by atoms with Gasteiger partial charge in [-0.05, 0) is 56.3 Å². The van der Waals surface area contributed by atoms with Gasteiger partial charge in [0.15, 0.2) is 0 Å². The number of fused-ring (bicyclic) bond motifs is 2. The lowest BCUT2D eigenvalue weighted by Crippen LogP contribution is -2.37. The molecule has 2 saturated heterocycles. The maximum absolute atomic E-state index is 5.74. The fraction of sp³-hybridized carbons (Fsp3) is 0.867. The summed E-state index contributed by atoms with van der Waals surface area (Å²) < 4.78 is 11.4. The Morgan fingerprint density at radius 2 is 1.88 bits per heavy atom. The summed E-state index contributed by atoms with van der Waals surface area (Å²) in [5, 5.41) is 0. The van der Waals surface area contributed by atoms with E-state index >= 15 is 0 Å². The first-order valence-electron chi connectivity index (χ1n) is 7.22. The second kappa shape index (κ2) is 3.58. The van der Waals surface area contributed by atoms with Gasteiger partial charge in [-0.25, -0.2) is 0 Å². The van der Waals surface area contributed by atoms with E-state index in [0.29, 0.717) is 29.8 Å². The van der Waals surface area contributed by atoms with Gasteiger partial charge < -0.3 is 9.47 Å². The van der Waals surface area contributed by atoms with Crippen LogP contribution in [0.5, 0.6) is 0 Å². The first kappa shape index (κ1) is 10.6. The molecule has 2 aliphatic carbocycles. The number of hydrogen-bond acceptors (Lipinski definition) is 2. The molecule has 0 aromatic heterocycles. The van der Waals surface area contributed by atoms with Crippen LogP contribution in [-0.4, -0.2) is 24.4 Å². The van der Waals surface area contributed by atoms with Crippen molar-refractivity contribution in [3.05, 3.63) is 12.7 Å². The van der Waals surface area contributed by atoms with Crippen molar-refractivity contribution in [2.75, 3.05) is 0 Å². The van der Waals surface area contributed by atoms with E-state index in [1.165, 1.54) is 44.9 Å². The van der Waals surface area contributed by atoms with Crippen molar-refractivity contribution in [1.29, 1.82) is 0 Å². The normalized spacial score (nSPS) is 55.6. The molecule has 4 fully saturated rings. The van der Waals surface area contributed by atoms with Crippen molar-refractivity contribution in [2.24, 2.45) is 11.3 Å². The summed E-state index contributed by atoms with van der Waals surface area (Å²) in [7, 11) is 0. The molecule has 2 heterocycles. The minimum Gasteiger partial charge on any atom is -0.370 e. The Kier molecular flexibility index (Phi) is 2.23. The third kappa shape index (κ3) is 1.68. The molecule has 6 atom stereocenters. The van der Waals surface area contributed by atoms with Gasteiger partial charge in [-0.1, -0.05) is 6.08 Å². The van der Waals surface area contributed by atoms with Crippen molar-refractivity contribution in [3.63, 3.8) is 0 Å². The average Bonchev–Trinajstić information content (AvgIpc) is 3.22. The van der Waals surface area contributed by atoms with Crippen molar-refractivity contribution in [3.8, 4) is 0 Å². The maximum atomic E-state index is 5.74. The highest BCUT2D eigenvalue weighted by Crippen LogP contribution is 2.57. The molecule has 2 saturated carbocycles. The lowest BCUT2D eigenvalue weighted by atomic mass is 9.60. The molecule has 4 rings (SSSR count). The standard InChI is InChI=1S/C15H22O2/c1-2-6-15(7-5-12-14(9-15)17-12)10-3-4-11-13(8-10)16-11/h2,10-14H,1,3-9H2. The van der Waals surface area contributed by atoms with E-state index in [2.05, 4.69) is 12.7 Å². The monoisotopic (exact) mass is 234 g/mol. The molecule has 0 spiro atoms. The molecule has 0 amide bonds. The highest BCUT2D eigenvalue weighted by atomic mass is 16.6. The van der Waals surface area contributed by atoms with E-state index < -0.39 is 0 Å². The average molecular weight is 234 g/mol. The minimum atomic E-state index is 0.496. The van der Waals surface area contributed by atoms with E-state index in [1.807, 2.05) is 0 Å². The summed E-state index contributed by atoms with van der Waals surface area (Å²) in [6.07, 6.45) is 13.6. The van der Waals surface area contributed by atoms with Gasteiger partial charge in [-0.3, -0.25) is 0 Å². The zero-order chi connectivity index (χ0) is 11.5. The number of rotatable bonds is 3. The van der Waals surface area contributed by atoms with Crippen LogP contribution in [0.1, 0.15) is 44.9 Å². The van der Waals surface area contributed by atoms with Crippen LogP contribution in [0.3, 0.4) is 0 Å². The first-order valence-corrected chi connectivity index (χ1v) is 7.22. The second-order valence-corrected chi connectivity index (χ2v) is 6.53. The van der Waals surface area contributed by atoms with Gasteiger partial charge in [0.1, 0.15) is 0 Å². The number of allylic oxidation sites excluding steroid dienone is 1. The molecule has 2 heteroatoms. The molecule has 0 bridgehead atoms. The van der Waals surface area contributed by atoms with Crippen LogP contribution in [-0.2, 0) is 9.47 Å². The Bertz CT molecular complexity index is 340. The Morgan fingerprint density at radius 1 is 1.06 bits per heavy atom. The fourth-order valence-corrected chi connectivity index (χ4v) is 4.52. The second-order valence-electron chi connectivity index (χ2n) is 6.53. The third-order valence-corrected chi connectivity index (χ3v) is 5.64. The van der Waals surface area contributed by atoms with E-state index in [1.54, 1.807) is 0 Å². The van der Waals surface area contributed by atoms with Crippen molar-refractivity contribution < 1.29 is 9.47 Å². The summed E-state index contributed by atoms with van der Waals surface area (Å²) >= 11 is 0. The molecular weight excluding hydrogens is 212 g/mol. The smallest absolute Gasteiger partial charge is 0.0847 e. The number of hydrogen-bond donors (Lipinski definition) is 0. The summed E-state index contributed by atoms with van der Waals surface area (Å²) in [4.78, 5) is 0. The highest BCUT2D eigenvalue weighted by molar-refractivity contribution is 5.06. The quantitative estimate of drug-likeness (QED) is 0.554. The summed E-state index contributed by atoms with van der Waals surface area (Å²) in [6.45, 7) is 3.99. The maximum Gasteiger partial charge on any atom is 0.0847 e. The van der Waals surface area contributed by atoms with Crippen LogP contribution in [0.15, 0.2) is 12.7 Å². The van der Waals surface area contributed by atoms with Crippen molar-refractivity contribution in [1.82, 2.24) is 0 Å². The van der Waals surface area contributed by atoms with Crippen LogP contribution < -0.4 is 0 Å². The van der Waals surface area contributed by atoms with E-state index in [-0.39, 0.29) is 0 Å². The molecule has 0 aromatic carbocycles. The number of ether oxygens (including phenoxy) is 2. The van der Waals surface area contributed by atoms with Gasteiger partial charge >= 0.3 is 0 Å². The van der Waals surface area contributed by atoms with Crippen LogP contribution in [0.4, 0.5) is 0 Å². The summed E-state index contributed by atoms with van der Waals surface area (Å²) in [6, 6.07) is 0. The Labute approximate surface area is 103 Å². The topological polar surface area (TPSA) is 25.1 Å². The SMILES string of the molecule is C=CCC1(C2CCC3OC3C2)CCC2OC2C1. The van der Waals surface area contributed by atoms with Crippen LogP contribution in [0, 0.1) is 11.3 Å². The van der Waals surface area contributed by atoms with E-state index in [9.17, 15) is 0 Å². The molecule has 2 nitrogen and oxygen atoms in total. The number of epoxide rings is 2. The van der Waals surface area contributed by atoms with Crippen LogP contribution in [0.2, 0.25) is 0 Å². The molecule has 2 aliphatic heterocycles. The van der Waals surface area contributed by atoms with Crippen LogP contribution >= 0.6 is 0 Å². The predicted octanol–water partition coefficient (Wildman–Crippen LogP) is 3.07. The lowest BCUT2D eigenvalue weighted by Gasteiger charge is -2.43. The fourth-order valence-electron chi connectivity index (χ4n) is 4.52. The predicted molar refractivity (Wildman–Crippen MR) is 65.8 cm³/mol. The van der Waals surface area contributed by atoms with Gasteiger partial charge in [0.2, 0.25) is 0 Å². The molecule has 0 radical (unpaired) electrons. The summed E-state index contributed by atoms with van der Waals surface area (Å²) in [5.74, 6) is 0.856. The Balaban J connectivity index is 1.54. The van der Waals surface area contributed by atoms with E-state index in [0.717, 1.165) is 5.92 Å².